The Kier molecular flexibility index (Phi) is 4.19. The van der Waals surface area contributed by atoms with Gasteiger partial charge < -0.3 is 20.1 Å². The summed E-state index contributed by atoms with van der Waals surface area (Å²) >= 11 is 0. The molecule has 1 aliphatic rings. The van der Waals surface area contributed by atoms with Gasteiger partial charge in [0.05, 0.1) is 29.7 Å². The van der Waals surface area contributed by atoms with Gasteiger partial charge in [-0.05, 0) is 19.9 Å². The van der Waals surface area contributed by atoms with Crippen molar-refractivity contribution in [3.63, 3.8) is 0 Å². The lowest BCUT2D eigenvalue weighted by Crippen LogP contribution is -2.49. The molecule has 7 heteroatoms. The van der Waals surface area contributed by atoms with Gasteiger partial charge in [-0.15, -0.1) is 0 Å². The lowest BCUT2D eigenvalue weighted by molar-refractivity contribution is -0.0530. The highest BCUT2D eigenvalue weighted by Crippen LogP contribution is 2.14. The molecule has 0 spiro atoms. The summed E-state index contributed by atoms with van der Waals surface area (Å²) < 4.78 is 5.56. The van der Waals surface area contributed by atoms with Gasteiger partial charge in [0.25, 0.3) is 0 Å². The summed E-state index contributed by atoms with van der Waals surface area (Å²) in [6.07, 6.45) is 2.61. The minimum absolute atomic E-state index is 0.0204. The number of carbonyl (C=O) groups is 2. The van der Waals surface area contributed by atoms with E-state index >= 15 is 0 Å². The third kappa shape index (κ3) is 3.45. The van der Waals surface area contributed by atoms with Crippen LogP contribution in [0, 0.1) is 0 Å². The van der Waals surface area contributed by atoms with Crippen molar-refractivity contribution in [2.75, 3.05) is 18.4 Å². The van der Waals surface area contributed by atoms with Crippen LogP contribution in [0.4, 0.5) is 10.5 Å². The van der Waals surface area contributed by atoms with E-state index in [0.717, 1.165) is 0 Å². The van der Waals surface area contributed by atoms with E-state index in [1.54, 1.807) is 4.90 Å². The molecular formula is C13H17N3O4. The molecule has 0 bridgehead atoms. The van der Waals surface area contributed by atoms with E-state index in [0.29, 0.717) is 18.8 Å². The zero-order valence-corrected chi connectivity index (χ0v) is 11.4. The Hall–Kier alpha value is -2.15. The number of nitrogens with one attached hydrogen (secondary N) is 1. The number of ether oxygens (including phenoxy) is 1. The highest BCUT2D eigenvalue weighted by Gasteiger charge is 2.25. The average Bonchev–Trinajstić information content (AvgIpc) is 2.37. The van der Waals surface area contributed by atoms with Gasteiger partial charge in [-0.2, -0.15) is 0 Å². The van der Waals surface area contributed by atoms with Crippen LogP contribution in [-0.2, 0) is 4.74 Å². The molecule has 2 amide bonds. The van der Waals surface area contributed by atoms with Crippen molar-refractivity contribution >= 4 is 17.7 Å². The molecule has 1 saturated heterocycles. The third-order valence-corrected chi connectivity index (χ3v) is 2.94. The van der Waals surface area contributed by atoms with Crippen molar-refractivity contribution in [3.8, 4) is 0 Å². The Morgan fingerprint density at radius 3 is 2.60 bits per heavy atom. The molecule has 7 nitrogen and oxygen atoms in total. The van der Waals surface area contributed by atoms with Gasteiger partial charge in [-0.25, -0.2) is 9.59 Å². The van der Waals surface area contributed by atoms with Crippen molar-refractivity contribution in [1.29, 1.82) is 0 Å². The number of aromatic carboxylic acids is 1. The molecule has 0 saturated carbocycles. The fraction of sp³-hybridized carbons (Fsp3) is 0.462. The quantitative estimate of drug-likeness (QED) is 0.854. The number of urea groups is 1. The van der Waals surface area contributed by atoms with Gasteiger partial charge in [0.2, 0.25) is 0 Å². The molecule has 0 radical (unpaired) electrons. The zero-order chi connectivity index (χ0) is 14.7. The molecule has 2 rings (SSSR count). The van der Waals surface area contributed by atoms with Gasteiger partial charge >= 0.3 is 12.0 Å². The number of pyridine rings is 1. The first-order chi connectivity index (χ1) is 9.45. The standard InChI is InChI=1S/C13H17N3O4/c1-8-6-16(7-9(2)20-8)13(19)15-11-3-10(12(17)18)4-14-5-11/h3-5,8-9H,6-7H2,1-2H3,(H,15,19)(H,17,18)/t8-,9+. The molecule has 1 aromatic rings. The molecule has 2 atom stereocenters. The monoisotopic (exact) mass is 279 g/mol. The molecule has 20 heavy (non-hydrogen) atoms. The van der Waals surface area contributed by atoms with Crippen LogP contribution in [0.1, 0.15) is 24.2 Å². The van der Waals surface area contributed by atoms with Gasteiger partial charge in [0, 0.05) is 19.3 Å². The molecule has 1 fully saturated rings. The summed E-state index contributed by atoms with van der Waals surface area (Å²) in [7, 11) is 0. The molecule has 0 aliphatic carbocycles. The van der Waals surface area contributed by atoms with E-state index in [4.69, 9.17) is 9.84 Å². The Labute approximate surface area is 116 Å². The van der Waals surface area contributed by atoms with E-state index in [1.165, 1.54) is 18.5 Å². The minimum atomic E-state index is -1.08. The number of aromatic nitrogens is 1. The van der Waals surface area contributed by atoms with Crippen LogP contribution in [0.25, 0.3) is 0 Å². The molecular weight excluding hydrogens is 262 g/mol. The second kappa shape index (κ2) is 5.87. The fourth-order valence-electron chi connectivity index (χ4n) is 2.17. The first kappa shape index (κ1) is 14.3. The third-order valence-electron chi connectivity index (χ3n) is 2.94. The summed E-state index contributed by atoms with van der Waals surface area (Å²) in [6.45, 7) is 4.82. The zero-order valence-electron chi connectivity index (χ0n) is 11.4. The maximum Gasteiger partial charge on any atom is 0.337 e. The normalized spacial score (nSPS) is 22.4. The average molecular weight is 279 g/mol. The summed E-state index contributed by atoms with van der Waals surface area (Å²) in [4.78, 5) is 28.4. The van der Waals surface area contributed by atoms with Crippen LogP contribution in [0.5, 0.6) is 0 Å². The highest BCUT2D eigenvalue weighted by atomic mass is 16.5. The number of morpholine rings is 1. The number of amides is 2. The number of hydrogen-bond acceptors (Lipinski definition) is 4. The van der Waals surface area contributed by atoms with Crippen molar-refractivity contribution in [2.24, 2.45) is 0 Å². The number of anilines is 1. The largest absolute Gasteiger partial charge is 0.478 e. The second-order valence-corrected chi connectivity index (χ2v) is 4.86. The summed E-state index contributed by atoms with van der Waals surface area (Å²) in [5.41, 5.74) is 0.396. The molecule has 0 unspecified atom stereocenters. The first-order valence-electron chi connectivity index (χ1n) is 6.35. The van der Waals surface area contributed by atoms with Gasteiger partial charge in [-0.1, -0.05) is 0 Å². The van der Waals surface area contributed by atoms with Crippen molar-refractivity contribution < 1.29 is 19.4 Å². The molecule has 1 aliphatic heterocycles. The van der Waals surface area contributed by atoms with Crippen molar-refractivity contribution in [3.05, 3.63) is 24.0 Å². The van der Waals surface area contributed by atoms with E-state index in [1.807, 2.05) is 13.8 Å². The van der Waals surface area contributed by atoms with Crippen LogP contribution in [0.2, 0.25) is 0 Å². The number of rotatable bonds is 2. The van der Waals surface area contributed by atoms with Crippen LogP contribution in [0.15, 0.2) is 18.5 Å². The predicted octanol–water partition coefficient (Wildman–Crippen LogP) is 1.42. The number of nitrogens with zero attached hydrogens (tertiary/aromatic N) is 2. The van der Waals surface area contributed by atoms with Crippen molar-refractivity contribution in [1.82, 2.24) is 9.88 Å². The Balaban J connectivity index is 2.04. The number of carboxylic acid groups (broad SMARTS) is 1. The lowest BCUT2D eigenvalue weighted by Gasteiger charge is -2.35. The molecule has 0 aromatic carbocycles. The lowest BCUT2D eigenvalue weighted by atomic mass is 10.2. The fourth-order valence-corrected chi connectivity index (χ4v) is 2.17. The minimum Gasteiger partial charge on any atom is -0.478 e. The van der Waals surface area contributed by atoms with E-state index < -0.39 is 5.97 Å². The predicted molar refractivity (Wildman–Crippen MR) is 71.8 cm³/mol. The number of hydrogen-bond donors (Lipinski definition) is 2. The smallest absolute Gasteiger partial charge is 0.337 e. The molecule has 1 aromatic heterocycles. The van der Waals surface area contributed by atoms with Crippen LogP contribution >= 0.6 is 0 Å². The second-order valence-electron chi connectivity index (χ2n) is 4.86. The number of carboxylic acids is 1. The summed E-state index contributed by atoms with van der Waals surface area (Å²) in [5, 5.41) is 11.5. The van der Waals surface area contributed by atoms with Crippen LogP contribution in [-0.4, -0.2) is 52.3 Å². The maximum absolute atomic E-state index is 12.1. The molecule has 108 valence electrons. The summed E-state index contributed by atoms with van der Waals surface area (Å²) in [5.74, 6) is -1.08. The van der Waals surface area contributed by atoms with E-state index in [-0.39, 0.29) is 23.8 Å². The maximum atomic E-state index is 12.1. The Morgan fingerprint density at radius 1 is 1.35 bits per heavy atom. The van der Waals surface area contributed by atoms with Gasteiger partial charge in [0.1, 0.15) is 0 Å². The highest BCUT2D eigenvalue weighted by molar-refractivity contribution is 5.92. The van der Waals surface area contributed by atoms with Crippen LogP contribution < -0.4 is 5.32 Å². The van der Waals surface area contributed by atoms with Gasteiger partial charge in [0.15, 0.2) is 0 Å². The number of carbonyl (C=O) groups excluding carboxylic acids is 1. The first-order valence-corrected chi connectivity index (χ1v) is 6.35. The summed E-state index contributed by atoms with van der Waals surface area (Å²) in [6, 6.07) is 1.09. The molecule has 2 heterocycles. The Bertz CT molecular complexity index is 510. The van der Waals surface area contributed by atoms with Crippen LogP contribution in [0.3, 0.4) is 0 Å². The SMILES string of the molecule is C[C@@H]1CN(C(=O)Nc2cncc(C(=O)O)c2)C[C@H](C)O1. The van der Waals surface area contributed by atoms with Crippen molar-refractivity contribution in [2.45, 2.75) is 26.1 Å². The molecule has 2 N–H and O–H groups in total. The van der Waals surface area contributed by atoms with E-state index in [2.05, 4.69) is 10.3 Å². The topological polar surface area (TPSA) is 91.8 Å². The van der Waals surface area contributed by atoms with Gasteiger partial charge in [-0.3, -0.25) is 4.98 Å². The van der Waals surface area contributed by atoms with E-state index in [9.17, 15) is 9.59 Å². The Morgan fingerprint density at radius 2 is 2.00 bits per heavy atom.